The number of amides is 1. The van der Waals surface area contributed by atoms with Gasteiger partial charge in [-0.2, -0.15) is 0 Å². The summed E-state index contributed by atoms with van der Waals surface area (Å²) in [5.41, 5.74) is 1.67. The van der Waals surface area contributed by atoms with Crippen molar-refractivity contribution in [2.75, 3.05) is 0 Å². The molecule has 1 heterocycles. The highest BCUT2D eigenvalue weighted by atomic mass is 32.1. The van der Waals surface area contributed by atoms with E-state index in [0.29, 0.717) is 5.69 Å². The smallest absolute Gasteiger partial charge is 0.312 e. The first-order valence-corrected chi connectivity index (χ1v) is 9.69. The first-order valence-electron chi connectivity index (χ1n) is 8.81. The lowest BCUT2D eigenvalue weighted by molar-refractivity contribution is -0.160. The molecule has 1 unspecified atom stereocenters. The minimum Gasteiger partial charge on any atom is -0.452 e. The van der Waals surface area contributed by atoms with Crippen molar-refractivity contribution in [3.8, 4) is 10.6 Å². The van der Waals surface area contributed by atoms with Gasteiger partial charge in [-0.25, -0.2) is 4.98 Å². The predicted octanol–water partition coefficient (Wildman–Crippen LogP) is 3.93. The number of aromatic nitrogens is 1. The van der Waals surface area contributed by atoms with Crippen LogP contribution in [0.3, 0.4) is 0 Å². The summed E-state index contributed by atoms with van der Waals surface area (Å²) < 4.78 is 5.35. The minimum atomic E-state index is -0.806. The van der Waals surface area contributed by atoms with Crippen LogP contribution in [0.5, 0.6) is 0 Å². The van der Waals surface area contributed by atoms with Gasteiger partial charge in [0.15, 0.2) is 6.10 Å². The summed E-state index contributed by atoms with van der Waals surface area (Å²) in [6.07, 6.45) is -0.746. The normalized spacial score (nSPS) is 12.3. The van der Waals surface area contributed by atoms with Crippen LogP contribution in [0.15, 0.2) is 35.7 Å². The molecule has 1 amide bonds. The van der Waals surface area contributed by atoms with Crippen molar-refractivity contribution < 1.29 is 14.3 Å². The van der Waals surface area contributed by atoms with Gasteiger partial charge >= 0.3 is 5.97 Å². The second kappa shape index (κ2) is 8.94. The number of carbonyl (C=O) groups excluding carboxylic acids is 2. The SMILES string of the molecule is CC(OC(=O)Cc1csc(-c2ccccc2)n1)C(=O)N(C(C)C)C(C)C. The van der Waals surface area contributed by atoms with Crippen molar-refractivity contribution in [1.82, 2.24) is 9.88 Å². The molecule has 0 aliphatic rings. The van der Waals surface area contributed by atoms with Crippen LogP contribution in [0.25, 0.3) is 10.6 Å². The number of benzene rings is 1. The molecule has 0 spiro atoms. The molecule has 0 saturated heterocycles. The fourth-order valence-corrected chi connectivity index (χ4v) is 3.68. The minimum absolute atomic E-state index is 0.0515. The molecule has 1 aromatic carbocycles. The lowest BCUT2D eigenvalue weighted by Crippen LogP contribution is -2.47. The Bertz CT molecular complexity index is 733. The van der Waals surface area contributed by atoms with Crippen LogP contribution in [-0.4, -0.2) is 39.9 Å². The maximum absolute atomic E-state index is 12.5. The number of thiazole rings is 1. The van der Waals surface area contributed by atoms with Gasteiger partial charge in [0.05, 0.1) is 12.1 Å². The number of hydrogen-bond acceptors (Lipinski definition) is 5. The molecule has 0 N–H and O–H groups in total. The average Bonchev–Trinajstić information content (AvgIpc) is 3.03. The first-order chi connectivity index (χ1) is 12.3. The van der Waals surface area contributed by atoms with Crippen molar-refractivity contribution in [2.24, 2.45) is 0 Å². The topological polar surface area (TPSA) is 59.5 Å². The number of ether oxygens (including phenoxy) is 1. The summed E-state index contributed by atoms with van der Waals surface area (Å²) >= 11 is 1.49. The zero-order chi connectivity index (χ0) is 19.3. The molecular weight excluding hydrogens is 348 g/mol. The van der Waals surface area contributed by atoms with Crippen LogP contribution in [-0.2, 0) is 20.7 Å². The van der Waals surface area contributed by atoms with Gasteiger partial charge in [0, 0.05) is 23.0 Å². The van der Waals surface area contributed by atoms with Gasteiger partial charge in [-0.3, -0.25) is 9.59 Å². The monoisotopic (exact) mass is 374 g/mol. The average molecular weight is 375 g/mol. The van der Waals surface area contributed by atoms with Crippen LogP contribution in [0.4, 0.5) is 0 Å². The summed E-state index contributed by atoms with van der Waals surface area (Å²) in [6, 6.07) is 9.92. The van der Waals surface area contributed by atoms with E-state index in [-0.39, 0.29) is 24.4 Å². The molecule has 0 saturated carbocycles. The van der Waals surface area contributed by atoms with Crippen LogP contribution in [0, 0.1) is 0 Å². The molecule has 0 aliphatic heterocycles. The third-order valence-corrected chi connectivity index (χ3v) is 4.86. The third kappa shape index (κ3) is 5.14. The maximum atomic E-state index is 12.5. The number of nitrogens with zero attached hydrogens (tertiary/aromatic N) is 2. The summed E-state index contributed by atoms with van der Waals surface area (Å²) in [5, 5.41) is 2.72. The van der Waals surface area contributed by atoms with E-state index in [4.69, 9.17) is 4.74 Å². The second-order valence-corrected chi connectivity index (χ2v) is 7.61. The van der Waals surface area contributed by atoms with Gasteiger partial charge in [-0.15, -0.1) is 11.3 Å². The molecule has 1 atom stereocenters. The van der Waals surface area contributed by atoms with Gasteiger partial charge in [0.25, 0.3) is 5.91 Å². The van der Waals surface area contributed by atoms with Crippen LogP contribution in [0.1, 0.15) is 40.3 Å². The Balaban J connectivity index is 1.96. The molecule has 26 heavy (non-hydrogen) atoms. The van der Waals surface area contributed by atoms with Crippen molar-refractivity contribution >= 4 is 23.2 Å². The molecule has 1 aromatic heterocycles. The van der Waals surface area contributed by atoms with E-state index in [0.717, 1.165) is 10.6 Å². The van der Waals surface area contributed by atoms with Gasteiger partial charge in [-0.1, -0.05) is 30.3 Å². The number of hydrogen-bond donors (Lipinski definition) is 0. The largest absolute Gasteiger partial charge is 0.452 e. The highest BCUT2D eigenvalue weighted by Crippen LogP contribution is 2.23. The summed E-state index contributed by atoms with van der Waals surface area (Å²) in [7, 11) is 0. The van der Waals surface area contributed by atoms with E-state index >= 15 is 0 Å². The lowest BCUT2D eigenvalue weighted by Gasteiger charge is -2.32. The Kier molecular flexibility index (Phi) is 6.91. The fraction of sp³-hybridized carbons (Fsp3) is 0.450. The van der Waals surface area contributed by atoms with Crippen LogP contribution in [0.2, 0.25) is 0 Å². The molecule has 6 heteroatoms. The van der Waals surface area contributed by atoms with E-state index in [1.165, 1.54) is 11.3 Å². The highest BCUT2D eigenvalue weighted by molar-refractivity contribution is 7.13. The predicted molar refractivity (Wildman–Crippen MR) is 104 cm³/mol. The third-order valence-electron chi connectivity index (χ3n) is 3.92. The molecule has 0 fully saturated rings. The van der Waals surface area contributed by atoms with Gasteiger partial charge < -0.3 is 9.64 Å². The number of carbonyl (C=O) groups is 2. The molecular formula is C20H26N2O3S. The van der Waals surface area contributed by atoms with E-state index in [9.17, 15) is 9.59 Å². The van der Waals surface area contributed by atoms with Crippen LogP contribution >= 0.6 is 11.3 Å². The molecule has 2 aromatic rings. The van der Waals surface area contributed by atoms with Crippen molar-refractivity contribution in [3.63, 3.8) is 0 Å². The molecule has 0 bridgehead atoms. The zero-order valence-corrected chi connectivity index (χ0v) is 16.7. The molecule has 140 valence electrons. The Hall–Kier alpha value is -2.21. The number of rotatable bonds is 7. The van der Waals surface area contributed by atoms with Gasteiger partial charge in [0.2, 0.25) is 0 Å². The maximum Gasteiger partial charge on any atom is 0.312 e. The van der Waals surface area contributed by atoms with E-state index in [1.54, 1.807) is 11.8 Å². The Labute approximate surface area is 159 Å². The molecule has 2 rings (SSSR count). The standard InChI is InChI=1S/C20H26N2O3S/c1-13(2)22(14(3)4)20(24)15(5)25-18(23)11-17-12-26-19(21-17)16-9-7-6-8-10-16/h6-10,12-15H,11H2,1-5H3. The summed E-state index contributed by atoms with van der Waals surface area (Å²) in [5.74, 6) is -0.616. The Morgan fingerprint density at radius 2 is 1.69 bits per heavy atom. The zero-order valence-electron chi connectivity index (χ0n) is 15.9. The van der Waals surface area contributed by atoms with Crippen molar-refractivity contribution in [1.29, 1.82) is 0 Å². The van der Waals surface area contributed by atoms with Crippen LogP contribution < -0.4 is 0 Å². The second-order valence-electron chi connectivity index (χ2n) is 6.75. The molecule has 0 aliphatic carbocycles. The molecule has 0 radical (unpaired) electrons. The molecule has 5 nitrogen and oxygen atoms in total. The summed E-state index contributed by atoms with van der Waals surface area (Å²) in [6.45, 7) is 9.42. The van der Waals surface area contributed by atoms with Crippen molar-refractivity contribution in [3.05, 3.63) is 41.4 Å². The van der Waals surface area contributed by atoms with E-state index in [2.05, 4.69) is 4.98 Å². The quantitative estimate of drug-likeness (QED) is 0.689. The van der Waals surface area contributed by atoms with E-state index in [1.807, 2.05) is 63.4 Å². The fourth-order valence-electron chi connectivity index (χ4n) is 2.85. The Morgan fingerprint density at radius 3 is 2.27 bits per heavy atom. The van der Waals surface area contributed by atoms with E-state index < -0.39 is 12.1 Å². The highest BCUT2D eigenvalue weighted by Gasteiger charge is 2.27. The van der Waals surface area contributed by atoms with Crippen molar-refractivity contribution in [2.45, 2.75) is 59.2 Å². The van der Waals surface area contributed by atoms with Gasteiger partial charge in [0.1, 0.15) is 5.01 Å². The number of esters is 1. The summed E-state index contributed by atoms with van der Waals surface area (Å²) in [4.78, 5) is 31.0. The Morgan fingerprint density at radius 1 is 1.08 bits per heavy atom. The lowest BCUT2D eigenvalue weighted by atomic mass is 10.2. The first kappa shape index (κ1) is 20.1. The van der Waals surface area contributed by atoms with Gasteiger partial charge in [-0.05, 0) is 34.6 Å².